The standard InChI is InChI=1S/C14H26O8S2/c1-11(2)13(15)21-23(17,18)9-7-5-6-8-10-24(19,20)22-14(16)12(3)4/h11-12H,5-10H2,1-4H3. The minimum Gasteiger partial charge on any atom is -0.345 e. The van der Waals surface area contributed by atoms with Crippen LogP contribution in [0.5, 0.6) is 0 Å². The summed E-state index contributed by atoms with van der Waals surface area (Å²) in [6, 6.07) is 0. The number of rotatable bonds is 11. The monoisotopic (exact) mass is 386 g/mol. The highest BCUT2D eigenvalue weighted by molar-refractivity contribution is 7.87. The highest BCUT2D eigenvalue weighted by atomic mass is 32.2. The van der Waals surface area contributed by atoms with Crippen molar-refractivity contribution >= 4 is 32.2 Å². The quantitative estimate of drug-likeness (QED) is 0.388. The van der Waals surface area contributed by atoms with E-state index in [1.807, 2.05) is 0 Å². The van der Waals surface area contributed by atoms with Crippen molar-refractivity contribution < 1.29 is 34.8 Å². The van der Waals surface area contributed by atoms with Crippen molar-refractivity contribution in [3.8, 4) is 0 Å². The van der Waals surface area contributed by atoms with Gasteiger partial charge in [-0.25, -0.2) is 0 Å². The number of unbranched alkanes of at least 4 members (excludes halogenated alkanes) is 3. The molecule has 8 nitrogen and oxygen atoms in total. The molecule has 0 aromatic heterocycles. The van der Waals surface area contributed by atoms with Crippen LogP contribution in [0.1, 0.15) is 53.4 Å². The summed E-state index contributed by atoms with van der Waals surface area (Å²) < 4.78 is 54.9. The summed E-state index contributed by atoms with van der Waals surface area (Å²) in [6.07, 6.45) is 1.40. The second-order valence-corrected chi connectivity index (χ2v) is 9.43. The van der Waals surface area contributed by atoms with Gasteiger partial charge in [0.2, 0.25) is 0 Å². The first-order valence-electron chi connectivity index (χ1n) is 7.78. The van der Waals surface area contributed by atoms with Gasteiger partial charge in [-0.2, -0.15) is 16.8 Å². The zero-order valence-corrected chi connectivity index (χ0v) is 16.1. The highest BCUT2D eigenvalue weighted by Gasteiger charge is 2.20. The van der Waals surface area contributed by atoms with E-state index in [0.29, 0.717) is 12.8 Å². The number of hydrogen-bond donors (Lipinski definition) is 0. The van der Waals surface area contributed by atoms with Crippen LogP contribution in [0.4, 0.5) is 0 Å². The lowest BCUT2D eigenvalue weighted by atomic mass is 10.2. The van der Waals surface area contributed by atoms with Gasteiger partial charge in [-0.3, -0.25) is 9.59 Å². The number of carbonyl (C=O) groups is 2. The molecule has 10 heteroatoms. The Morgan fingerprint density at radius 2 is 0.958 bits per heavy atom. The Balaban J connectivity index is 4.03. The molecule has 0 spiro atoms. The SMILES string of the molecule is CC(C)C(=O)OS(=O)(=O)CCCCCCS(=O)(=O)OC(=O)C(C)C. The topological polar surface area (TPSA) is 121 Å². The third kappa shape index (κ3) is 10.6. The predicted molar refractivity (Wildman–Crippen MR) is 87.9 cm³/mol. The molecule has 0 aromatic rings. The molecule has 0 bridgehead atoms. The van der Waals surface area contributed by atoms with Crippen LogP contribution in [0.15, 0.2) is 0 Å². The summed E-state index contributed by atoms with van der Waals surface area (Å²) in [5, 5.41) is 0. The smallest absolute Gasteiger partial charge is 0.324 e. The van der Waals surface area contributed by atoms with Crippen LogP contribution >= 0.6 is 0 Å². The molecule has 0 heterocycles. The molecule has 0 aliphatic carbocycles. The Bertz CT molecular complexity index is 561. The molecule has 0 aromatic carbocycles. The zero-order valence-electron chi connectivity index (χ0n) is 14.5. The Hall–Kier alpha value is -1.16. The molecular weight excluding hydrogens is 360 g/mol. The lowest BCUT2D eigenvalue weighted by Gasteiger charge is -2.08. The van der Waals surface area contributed by atoms with Gasteiger partial charge in [-0.15, -0.1) is 0 Å². The average molecular weight is 386 g/mol. The molecule has 0 aliphatic rings. The van der Waals surface area contributed by atoms with Gasteiger partial charge in [0, 0.05) is 0 Å². The molecule has 0 unspecified atom stereocenters. The second-order valence-electron chi connectivity index (χ2n) is 6.05. The van der Waals surface area contributed by atoms with Crippen molar-refractivity contribution in [2.75, 3.05) is 11.5 Å². The summed E-state index contributed by atoms with van der Waals surface area (Å²) in [4.78, 5) is 22.5. The Kier molecular flexibility index (Phi) is 9.49. The molecular formula is C14H26O8S2. The fraction of sp³-hybridized carbons (Fsp3) is 0.857. The van der Waals surface area contributed by atoms with Crippen LogP contribution in [-0.2, 0) is 38.2 Å². The van der Waals surface area contributed by atoms with E-state index in [1.54, 1.807) is 0 Å². The largest absolute Gasteiger partial charge is 0.345 e. The molecule has 0 atom stereocenters. The van der Waals surface area contributed by atoms with Crippen LogP contribution in [0.3, 0.4) is 0 Å². The normalized spacial score (nSPS) is 12.4. The Morgan fingerprint density at radius 3 is 1.21 bits per heavy atom. The number of hydrogen-bond acceptors (Lipinski definition) is 8. The van der Waals surface area contributed by atoms with E-state index in [0.717, 1.165) is 0 Å². The van der Waals surface area contributed by atoms with Crippen molar-refractivity contribution in [1.29, 1.82) is 0 Å². The van der Waals surface area contributed by atoms with Crippen molar-refractivity contribution in [3.05, 3.63) is 0 Å². The van der Waals surface area contributed by atoms with Gasteiger partial charge in [-0.1, -0.05) is 40.5 Å². The Morgan fingerprint density at radius 1 is 0.667 bits per heavy atom. The molecule has 0 saturated heterocycles. The van der Waals surface area contributed by atoms with Gasteiger partial charge >= 0.3 is 32.2 Å². The van der Waals surface area contributed by atoms with E-state index in [2.05, 4.69) is 8.37 Å². The average Bonchev–Trinajstić information content (AvgIpc) is 2.41. The summed E-state index contributed by atoms with van der Waals surface area (Å²) >= 11 is 0. The maximum Gasteiger partial charge on any atom is 0.324 e. The minimum atomic E-state index is -3.90. The molecule has 0 N–H and O–H groups in total. The number of carbonyl (C=O) groups excluding carboxylic acids is 2. The van der Waals surface area contributed by atoms with Gasteiger partial charge in [-0.05, 0) is 12.8 Å². The Labute approximate surface area is 144 Å². The third-order valence-electron chi connectivity index (χ3n) is 2.90. The zero-order chi connectivity index (χ0) is 19.0. The van der Waals surface area contributed by atoms with Crippen LogP contribution in [-0.4, -0.2) is 40.3 Å². The van der Waals surface area contributed by atoms with Gasteiger partial charge in [0.15, 0.2) is 0 Å². The van der Waals surface area contributed by atoms with Crippen molar-refractivity contribution in [1.82, 2.24) is 0 Å². The van der Waals surface area contributed by atoms with E-state index in [4.69, 9.17) is 0 Å². The van der Waals surface area contributed by atoms with E-state index >= 15 is 0 Å². The predicted octanol–water partition coefficient (Wildman–Crippen LogP) is 1.60. The van der Waals surface area contributed by atoms with E-state index in [1.165, 1.54) is 27.7 Å². The summed E-state index contributed by atoms with van der Waals surface area (Å²) in [7, 11) is -7.81. The second kappa shape index (κ2) is 9.97. The van der Waals surface area contributed by atoms with Gasteiger partial charge in [0.05, 0.1) is 23.3 Å². The first-order valence-corrected chi connectivity index (χ1v) is 10.9. The van der Waals surface area contributed by atoms with Crippen LogP contribution in [0.2, 0.25) is 0 Å². The lowest BCUT2D eigenvalue weighted by molar-refractivity contribution is -0.138. The molecule has 24 heavy (non-hydrogen) atoms. The molecule has 0 amide bonds. The summed E-state index contributed by atoms with van der Waals surface area (Å²) in [5.74, 6) is -3.26. The minimum absolute atomic E-state index is 0.250. The van der Waals surface area contributed by atoms with Gasteiger partial charge in [0.1, 0.15) is 0 Å². The molecule has 0 aliphatic heterocycles. The van der Waals surface area contributed by atoms with E-state index in [-0.39, 0.29) is 24.3 Å². The molecule has 0 rings (SSSR count). The maximum atomic E-state index is 11.5. The van der Waals surface area contributed by atoms with Crippen molar-refractivity contribution in [2.45, 2.75) is 53.4 Å². The summed E-state index contributed by atoms with van der Waals surface area (Å²) in [6.45, 7) is 6.13. The molecule has 0 saturated carbocycles. The van der Waals surface area contributed by atoms with E-state index < -0.39 is 44.0 Å². The van der Waals surface area contributed by atoms with Gasteiger partial charge in [0.25, 0.3) is 0 Å². The maximum absolute atomic E-state index is 11.5. The lowest BCUT2D eigenvalue weighted by Crippen LogP contribution is -2.20. The highest BCUT2D eigenvalue weighted by Crippen LogP contribution is 2.09. The molecule has 0 fully saturated rings. The molecule has 142 valence electrons. The van der Waals surface area contributed by atoms with Gasteiger partial charge < -0.3 is 8.37 Å². The first-order chi connectivity index (χ1) is 10.9. The fourth-order valence-corrected chi connectivity index (χ4v) is 3.60. The molecule has 0 radical (unpaired) electrons. The van der Waals surface area contributed by atoms with Crippen LogP contribution < -0.4 is 0 Å². The first kappa shape index (κ1) is 22.8. The van der Waals surface area contributed by atoms with Crippen LogP contribution in [0, 0.1) is 11.8 Å². The van der Waals surface area contributed by atoms with E-state index in [9.17, 15) is 26.4 Å². The fourth-order valence-electron chi connectivity index (χ4n) is 1.44. The van der Waals surface area contributed by atoms with Crippen molar-refractivity contribution in [3.63, 3.8) is 0 Å². The summed E-state index contributed by atoms with van der Waals surface area (Å²) in [5.41, 5.74) is 0. The van der Waals surface area contributed by atoms with Crippen LogP contribution in [0.25, 0.3) is 0 Å². The third-order valence-corrected chi connectivity index (χ3v) is 5.31. The van der Waals surface area contributed by atoms with Crippen molar-refractivity contribution in [2.24, 2.45) is 11.8 Å².